The molecule has 0 atom stereocenters. The summed E-state index contributed by atoms with van der Waals surface area (Å²) in [7, 11) is 0. The highest BCUT2D eigenvalue weighted by Crippen LogP contribution is 2.29. The summed E-state index contributed by atoms with van der Waals surface area (Å²) in [5.74, 6) is 0.704. The van der Waals surface area contributed by atoms with Gasteiger partial charge in [-0.1, -0.05) is 12.1 Å². The van der Waals surface area contributed by atoms with Gasteiger partial charge in [-0.3, -0.25) is 9.69 Å². The Morgan fingerprint density at radius 3 is 2.79 bits per heavy atom. The van der Waals surface area contributed by atoms with Crippen LogP contribution in [0, 0.1) is 0 Å². The van der Waals surface area contributed by atoms with Gasteiger partial charge in [0.25, 0.3) is 0 Å². The monoisotopic (exact) mass is 263 g/mol. The molecule has 1 aromatic rings. The molecule has 1 fully saturated rings. The Kier molecular flexibility index (Phi) is 4.80. The lowest BCUT2D eigenvalue weighted by molar-refractivity contribution is -0.138. The number of piperidine rings is 1. The predicted octanol–water partition coefficient (Wildman–Crippen LogP) is 2.35. The molecule has 19 heavy (non-hydrogen) atoms. The van der Waals surface area contributed by atoms with Gasteiger partial charge in [-0.25, -0.2) is 0 Å². The van der Waals surface area contributed by atoms with Crippen LogP contribution in [0.3, 0.4) is 0 Å². The second kappa shape index (κ2) is 6.57. The van der Waals surface area contributed by atoms with E-state index in [1.165, 1.54) is 5.56 Å². The average Bonchev–Trinajstić information content (AvgIpc) is 2.40. The van der Waals surface area contributed by atoms with Gasteiger partial charge in [-0.05, 0) is 56.5 Å². The fraction of sp³-hybridized carbons (Fsp3) is 0.533. The van der Waals surface area contributed by atoms with Crippen LogP contribution in [0.25, 0.3) is 0 Å². The minimum absolute atomic E-state index is 0.158. The lowest BCUT2D eigenvalue weighted by Crippen LogP contribution is -2.36. The van der Waals surface area contributed by atoms with Gasteiger partial charge >= 0.3 is 5.97 Å². The van der Waals surface area contributed by atoms with Crippen molar-refractivity contribution in [3.05, 3.63) is 29.8 Å². The number of carboxylic acid groups (broad SMARTS) is 1. The zero-order valence-electron chi connectivity index (χ0n) is 11.3. The summed E-state index contributed by atoms with van der Waals surface area (Å²) in [5, 5.41) is 8.79. The normalized spacial score (nSPS) is 17.3. The quantitative estimate of drug-likeness (QED) is 0.886. The number of hydrogen-bond donors (Lipinski definition) is 1. The van der Waals surface area contributed by atoms with E-state index in [4.69, 9.17) is 9.84 Å². The third-order valence-corrected chi connectivity index (χ3v) is 3.59. The molecule has 0 amide bonds. The minimum Gasteiger partial charge on any atom is -0.494 e. The van der Waals surface area contributed by atoms with E-state index >= 15 is 0 Å². The Labute approximate surface area is 114 Å². The zero-order chi connectivity index (χ0) is 13.7. The van der Waals surface area contributed by atoms with Crippen molar-refractivity contribution >= 4 is 5.97 Å². The van der Waals surface area contributed by atoms with Crippen LogP contribution in [0.2, 0.25) is 0 Å². The van der Waals surface area contributed by atoms with E-state index in [1.807, 2.05) is 24.0 Å². The van der Waals surface area contributed by atoms with Gasteiger partial charge in [0, 0.05) is 0 Å². The summed E-state index contributed by atoms with van der Waals surface area (Å²) in [6.45, 7) is 4.54. The topological polar surface area (TPSA) is 49.8 Å². The third kappa shape index (κ3) is 3.96. The number of rotatable bonds is 5. The Morgan fingerprint density at radius 1 is 1.42 bits per heavy atom. The maximum Gasteiger partial charge on any atom is 0.317 e. The van der Waals surface area contributed by atoms with E-state index in [1.54, 1.807) is 0 Å². The molecule has 0 unspecified atom stereocenters. The van der Waals surface area contributed by atoms with E-state index in [-0.39, 0.29) is 6.54 Å². The van der Waals surface area contributed by atoms with Crippen LogP contribution >= 0.6 is 0 Å². The summed E-state index contributed by atoms with van der Waals surface area (Å²) in [6.07, 6.45) is 2.03. The highest BCUT2D eigenvalue weighted by molar-refractivity contribution is 5.69. The number of likely N-dealkylation sites (tertiary alicyclic amines) is 1. The van der Waals surface area contributed by atoms with Crippen molar-refractivity contribution in [3.63, 3.8) is 0 Å². The SMILES string of the molecule is CCOc1cccc(C2CCN(CC(=O)O)CC2)c1. The van der Waals surface area contributed by atoms with E-state index in [2.05, 4.69) is 12.1 Å². The summed E-state index contributed by atoms with van der Waals surface area (Å²) < 4.78 is 5.52. The van der Waals surface area contributed by atoms with Crippen LogP contribution in [0.1, 0.15) is 31.2 Å². The summed E-state index contributed by atoms with van der Waals surface area (Å²) in [4.78, 5) is 12.7. The first-order valence-corrected chi connectivity index (χ1v) is 6.86. The maximum atomic E-state index is 10.7. The molecule has 0 radical (unpaired) electrons. The van der Waals surface area contributed by atoms with Crippen LogP contribution in [0.15, 0.2) is 24.3 Å². The minimum atomic E-state index is -0.739. The van der Waals surface area contributed by atoms with Crippen molar-refractivity contribution in [1.29, 1.82) is 0 Å². The first-order valence-electron chi connectivity index (χ1n) is 6.86. The zero-order valence-corrected chi connectivity index (χ0v) is 11.3. The number of ether oxygens (including phenoxy) is 1. The molecule has 1 aliphatic rings. The third-order valence-electron chi connectivity index (χ3n) is 3.59. The fourth-order valence-corrected chi connectivity index (χ4v) is 2.64. The summed E-state index contributed by atoms with van der Waals surface area (Å²) in [5.41, 5.74) is 1.31. The molecule has 1 heterocycles. The largest absolute Gasteiger partial charge is 0.494 e. The number of aliphatic carboxylic acids is 1. The molecular formula is C15H21NO3. The van der Waals surface area contributed by atoms with Crippen LogP contribution in [-0.4, -0.2) is 42.2 Å². The Bertz CT molecular complexity index is 425. The number of carbonyl (C=O) groups is 1. The van der Waals surface area contributed by atoms with Crippen LogP contribution in [-0.2, 0) is 4.79 Å². The van der Waals surface area contributed by atoms with Crippen LogP contribution in [0.5, 0.6) is 5.75 Å². The molecule has 1 saturated heterocycles. The maximum absolute atomic E-state index is 10.7. The van der Waals surface area contributed by atoms with Gasteiger partial charge in [0.1, 0.15) is 5.75 Å². The summed E-state index contributed by atoms with van der Waals surface area (Å²) in [6, 6.07) is 8.26. The van der Waals surface area contributed by atoms with Gasteiger partial charge in [-0.2, -0.15) is 0 Å². The van der Waals surface area contributed by atoms with Gasteiger partial charge in [-0.15, -0.1) is 0 Å². The van der Waals surface area contributed by atoms with Crippen LogP contribution < -0.4 is 4.74 Å². The standard InChI is InChI=1S/C15H21NO3/c1-2-19-14-5-3-4-13(10-14)12-6-8-16(9-7-12)11-15(17)18/h3-5,10,12H,2,6-9,11H2,1H3,(H,17,18). The fourth-order valence-electron chi connectivity index (χ4n) is 2.64. The smallest absolute Gasteiger partial charge is 0.317 e. The van der Waals surface area contributed by atoms with Crippen LogP contribution in [0.4, 0.5) is 0 Å². The molecule has 0 aromatic heterocycles. The second-order valence-corrected chi connectivity index (χ2v) is 4.95. The predicted molar refractivity (Wildman–Crippen MR) is 73.7 cm³/mol. The lowest BCUT2D eigenvalue weighted by Gasteiger charge is -2.31. The molecular weight excluding hydrogens is 242 g/mol. The average molecular weight is 263 g/mol. The lowest BCUT2D eigenvalue weighted by atomic mass is 9.89. The Balaban J connectivity index is 1.93. The molecule has 4 heteroatoms. The van der Waals surface area contributed by atoms with E-state index in [0.29, 0.717) is 12.5 Å². The van der Waals surface area contributed by atoms with E-state index in [0.717, 1.165) is 31.7 Å². The van der Waals surface area contributed by atoms with Crippen molar-refractivity contribution in [3.8, 4) is 5.75 Å². The molecule has 4 nitrogen and oxygen atoms in total. The van der Waals surface area contributed by atoms with Crippen molar-refractivity contribution in [2.45, 2.75) is 25.7 Å². The number of carboxylic acids is 1. The number of nitrogens with zero attached hydrogens (tertiary/aromatic N) is 1. The highest BCUT2D eigenvalue weighted by Gasteiger charge is 2.21. The molecule has 104 valence electrons. The van der Waals surface area contributed by atoms with Gasteiger partial charge in [0.2, 0.25) is 0 Å². The molecule has 1 N–H and O–H groups in total. The molecule has 1 aliphatic heterocycles. The van der Waals surface area contributed by atoms with Crippen molar-refractivity contribution in [2.75, 3.05) is 26.2 Å². The number of benzene rings is 1. The number of hydrogen-bond acceptors (Lipinski definition) is 3. The molecule has 0 spiro atoms. The van der Waals surface area contributed by atoms with E-state index in [9.17, 15) is 4.79 Å². The van der Waals surface area contributed by atoms with Gasteiger partial charge in [0.15, 0.2) is 0 Å². The highest BCUT2D eigenvalue weighted by atomic mass is 16.5. The molecule has 0 bridgehead atoms. The van der Waals surface area contributed by atoms with Crippen molar-refractivity contribution < 1.29 is 14.6 Å². The second-order valence-electron chi connectivity index (χ2n) is 4.95. The van der Waals surface area contributed by atoms with E-state index < -0.39 is 5.97 Å². The first kappa shape index (κ1) is 13.9. The van der Waals surface area contributed by atoms with Crippen molar-refractivity contribution in [1.82, 2.24) is 4.90 Å². The Morgan fingerprint density at radius 2 is 2.16 bits per heavy atom. The molecule has 1 aromatic carbocycles. The Hall–Kier alpha value is -1.55. The molecule has 2 rings (SSSR count). The summed E-state index contributed by atoms with van der Waals surface area (Å²) >= 11 is 0. The molecule has 0 aliphatic carbocycles. The molecule has 0 saturated carbocycles. The van der Waals surface area contributed by atoms with Gasteiger partial charge < -0.3 is 9.84 Å². The van der Waals surface area contributed by atoms with Crippen molar-refractivity contribution in [2.24, 2.45) is 0 Å². The first-order chi connectivity index (χ1) is 9.19. The van der Waals surface area contributed by atoms with Gasteiger partial charge in [0.05, 0.1) is 13.2 Å².